The Morgan fingerprint density at radius 3 is 2.65 bits per heavy atom. The average molecular weight is 275 g/mol. The first kappa shape index (κ1) is 14.9. The number of nitrogens with two attached hydrogens (primary N) is 1. The molecule has 1 heterocycles. The Kier molecular flexibility index (Phi) is 4.65. The highest BCUT2D eigenvalue weighted by molar-refractivity contribution is 5.78. The van der Waals surface area contributed by atoms with Crippen molar-refractivity contribution in [2.24, 2.45) is 11.7 Å². The van der Waals surface area contributed by atoms with Crippen molar-refractivity contribution in [3.8, 4) is 5.75 Å². The van der Waals surface area contributed by atoms with Crippen LogP contribution < -0.4 is 10.5 Å². The van der Waals surface area contributed by atoms with Gasteiger partial charge in [0.1, 0.15) is 11.6 Å². The zero-order valence-corrected chi connectivity index (χ0v) is 12.9. The molecule has 0 aliphatic carbocycles. The van der Waals surface area contributed by atoms with Crippen molar-refractivity contribution in [1.29, 1.82) is 0 Å². The van der Waals surface area contributed by atoms with Crippen LogP contribution in [-0.4, -0.2) is 23.2 Å². The van der Waals surface area contributed by atoms with Crippen LogP contribution in [0.3, 0.4) is 0 Å². The van der Waals surface area contributed by atoms with Crippen LogP contribution in [0, 0.1) is 5.92 Å². The van der Waals surface area contributed by atoms with Gasteiger partial charge in [-0.05, 0) is 24.5 Å². The van der Waals surface area contributed by atoms with Crippen molar-refractivity contribution in [3.05, 3.63) is 24.0 Å². The van der Waals surface area contributed by atoms with Crippen LogP contribution in [0.15, 0.2) is 18.2 Å². The number of benzene rings is 1. The number of nitrogens with zero attached hydrogens (tertiary/aromatic N) is 2. The number of methoxy groups -OCH3 is 1. The summed E-state index contributed by atoms with van der Waals surface area (Å²) in [6.07, 6.45) is 1.08. The maximum Gasteiger partial charge on any atom is 0.121 e. The summed E-state index contributed by atoms with van der Waals surface area (Å²) in [5.41, 5.74) is 8.13. The Bertz CT molecular complexity index is 574. The molecular formula is C16H25N3O. The Morgan fingerprint density at radius 2 is 2.10 bits per heavy atom. The molecule has 4 heteroatoms. The lowest BCUT2D eigenvalue weighted by molar-refractivity contribution is 0.415. The van der Waals surface area contributed by atoms with Gasteiger partial charge in [0, 0.05) is 25.1 Å². The van der Waals surface area contributed by atoms with E-state index < -0.39 is 0 Å². The number of aryl methyl sites for hydroxylation is 1. The third-order valence-corrected chi connectivity index (χ3v) is 3.82. The van der Waals surface area contributed by atoms with Gasteiger partial charge in [0.05, 0.1) is 18.1 Å². The molecule has 0 bridgehead atoms. The van der Waals surface area contributed by atoms with Crippen LogP contribution >= 0.6 is 0 Å². The highest BCUT2D eigenvalue weighted by Gasteiger charge is 2.21. The highest BCUT2D eigenvalue weighted by atomic mass is 16.5. The lowest BCUT2D eigenvalue weighted by Crippen LogP contribution is -2.22. The normalized spacial score (nSPS) is 13.1. The molecule has 2 N–H and O–H groups in total. The van der Waals surface area contributed by atoms with E-state index in [1.54, 1.807) is 7.11 Å². The predicted octanol–water partition coefficient (Wildman–Crippen LogP) is 3.15. The number of hydrogen-bond acceptors (Lipinski definition) is 3. The van der Waals surface area contributed by atoms with E-state index in [9.17, 15) is 0 Å². The third-order valence-electron chi connectivity index (χ3n) is 3.82. The van der Waals surface area contributed by atoms with Crippen molar-refractivity contribution in [2.45, 2.75) is 39.7 Å². The fourth-order valence-electron chi connectivity index (χ4n) is 2.67. The maximum absolute atomic E-state index is 5.97. The SMILES string of the molecule is CCCn1c(C(CN)C(C)C)nc2cc(OC)ccc21. The van der Waals surface area contributed by atoms with Crippen molar-refractivity contribution in [2.75, 3.05) is 13.7 Å². The summed E-state index contributed by atoms with van der Waals surface area (Å²) in [6, 6.07) is 6.08. The quantitative estimate of drug-likeness (QED) is 0.881. The smallest absolute Gasteiger partial charge is 0.121 e. The largest absolute Gasteiger partial charge is 0.497 e. The average Bonchev–Trinajstić information content (AvgIpc) is 2.77. The topological polar surface area (TPSA) is 53.1 Å². The second-order valence-electron chi connectivity index (χ2n) is 5.56. The maximum atomic E-state index is 5.97. The molecule has 1 unspecified atom stereocenters. The summed E-state index contributed by atoms with van der Waals surface area (Å²) in [7, 11) is 1.68. The molecule has 0 spiro atoms. The third kappa shape index (κ3) is 2.66. The van der Waals surface area contributed by atoms with Crippen molar-refractivity contribution in [3.63, 3.8) is 0 Å². The van der Waals surface area contributed by atoms with E-state index in [4.69, 9.17) is 15.5 Å². The van der Waals surface area contributed by atoms with Gasteiger partial charge >= 0.3 is 0 Å². The first-order chi connectivity index (χ1) is 9.62. The molecule has 0 fully saturated rings. The molecule has 0 radical (unpaired) electrons. The van der Waals surface area contributed by atoms with Gasteiger partial charge in [-0.3, -0.25) is 0 Å². The van der Waals surface area contributed by atoms with E-state index in [0.29, 0.717) is 18.4 Å². The second-order valence-corrected chi connectivity index (χ2v) is 5.56. The van der Waals surface area contributed by atoms with Crippen LogP contribution in [-0.2, 0) is 6.54 Å². The molecule has 1 aromatic heterocycles. The van der Waals surface area contributed by atoms with E-state index in [1.165, 1.54) is 5.52 Å². The number of ether oxygens (including phenoxy) is 1. The standard InChI is InChI=1S/C16H25N3O/c1-5-8-19-15-7-6-12(20-4)9-14(15)18-16(19)13(10-17)11(2)3/h6-7,9,11,13H,5,8,10,17H2,1-4H3. The first-order valence-electron chi connectivity index (χ1n) is 7.36. The zero-order valence-electron chi connectivity index (χ0n) is 12.9. The van der Waals surface area contributed by atoms with E-state index in [-0.39, 0.29) is 0 Å². The van der Waals surface area contributed by atoms with Gasteiger partial charge in [-0.25, -0.2) is 4.98 Å². The number of imidazole rings is 1. The molecule has 0 amide bonds. The van der Waals surface area contributed by atoms with Gasteiger partial charge < -0.3 is 15.0 Å². The fourth-order valence-corrected chi connectivity index (χ4v) is 2.67. The molecule has 2 aromatic rings. The Morgan fingerprint density at radius 1 is 1.35 bits per heavy atom. The lowest BCUT2D eigenvalue weighted by Gasteiger charge is -2.20. The molecular weight excluding hydrogens is 250 g/mol. The summed E-state index contributed by atoms with van der Waals surface area (Å²) in [5.74, 6) is 2.72. The summed E-state index contributed by atoms with van der Waals surface area (Å²) < 4.78 is 7.60. The Labute approximate surface area is 120 Å². The lowest BCUT2D eigenvalue weighted by atomic mass is 9.95. The minimum atomic E-state index is 0.292. The minimum absolute atomic E-state index is 0.292. The Balaban J connectivity index is 2.59. The Hall–Kier alpha value is -1.55. The molecule has 0 aliphatic rings. The van der Waals surface area contributed by atoms with Crippen molar-refractivity contribution in [1.82, 2.24) is 9.55 Å². The monoisotopic (exact) mass is 275 g/mol. The van der Waals surface area contributed by atoms with Crippen molar-refractivity contribution >= 4 is 11.0 Å². The zero-order chi connectivity index (χ0) is 14.7. The van der Waals surface area contributed by atoms with Gasteiger partial charge in [-0.2, -0.15) is 0 Å². The van der Waals surface area contributed by atoms with Crippen molar-refractivity contribution < 1.29 is 4.74 Å². The number of fused-ring (bicyclic) bond motifs is 1. The second kappa shape index (κ2) is 6.27. The molecule has 0 saturated heterocycles. The molecule has 1 atom stereocenters. The fraction of sp³-hybridized carbons (Fsp3) is 0.562. The van der Waals surface area contributed by atoms with Gasteiger partial charge in [0.25, 0.3) is 0 Å². The molecule has 1 aromatic carbocycles. The van der Waals surface area contributed by atoms with Gasteiger partial charge in [0.2, 0.25) is 0 Å². The summed E-state index contributed by atoms with van der Waals surface area (Å²) in [6.45, 7) is 8.19. The van der Waals surface area contributed by atoms with Crippen LogP contribution in [0.1, 0.15) is 38.9 Å². The van der Waals surface area contributed by atoms with Crippen LogP contribution in [0.2, 0.25) is 0 Å². The van der Waals surface area contributed by atoms with Gasteiger partial charge in [-0.15, -0.1) is 0 Å². The molecule has 2 rings (SSSR count). The molecule has 4 nitrogen and oxygen atoms in total. The van der Waals surface area contributed by atoms with Gasteiger partial charge in [-0.1, -0.05) is 20.8 Å². The number of hydrogen-bond donors (Lipinski definition) is 1. The van der Waals surface area contributed by atoms with E-state index in [1.807, 2.05) is 12.1 Å². The summed E-state index contributed by atoms with van der Waals surface area (Å²) in [4.78, 5) is 4.84. The first-order valence-corrected chi connectivity index (χ1v) is 7.36. The molecule has 20 heavy (non-hydrogen) atoms. The summed E-state index contributed by atoms with van der Waals surface area (Å²) in [5, 5.41) is 0. The number of aromatic nitrogens is 2. The predicted molar refractivity (Wildman–Crippen MR) is 83.2 cm³/mol. The number of rotatable bonds is 6. The van der Waals surface area contributed by atoms with Crippen LogP contribution in [0.5, 0.6) is 5.75 Å². The van der Waals surface area contributed by atoms with Gasteiger partial charge in [0.15, 0.2) is 0 Å². The molecule has 0 saturated carbocycles. The van der Waals surface area contributed by atoms with E-state index in [0.717, 1.165) is 30.1 Å². The molecule has 0 aliphatic heterocycles. The van der Waals surface area contributed by atoms with E-state index >= 15 is 0 Å². The summed E-state index contributed by atoms with van der Waals surface area (Å²) >= 11 is 0. The molecule has 110 valence electrons. The highest BCUT2D eigenvalue weighted by Crippen LogP contribution is 2.29. The minimum Gasteiger partial charge on any atom is -0.497 e. The van der Waals surface area contributed by atoms with Crippen LogP contribution in [0.4, 0.5) is 0 Å². The van der Waals surface area contributed by atoms with Crippen LogP contribution in [0.25, 0.3) is 11.0 Å². The van der Waals surface area contributed by atoms with E-state index in [2.05, 4.69) is 31.4 Å².